The third-order valence-corrected chi connectivity index (χ3v) is 7.68. The van der Waals surface area contributed by atoms with Crippen LogP contribution in [0.4, 0.5) is 16.4 Å². The minimum Gasteiger partial charge on any atom is -0.300 e. The molecule has 0 aliphatic carbocycles. The number of fused-ring (bicyclic) bond motifs is 3. The monoisotopic (exact) mass is 425 g/mol. The summed E-state index contributed by atoms with van der Waals surface area (Å²) in [6.07, 6.45) is 0. The Kier molecular flexibility index (Phi) is 4.33. The van der Waals surface area contributed by atoms with Gasteiger partial charge in [0.05, 0.1) is 19.7 Å². The molecule has 5 aromatic rings. The van der Waals surface area contributed by atoms with Crippen molar-refractivity contribution in [3.8, 4) is 0 Å². The van der Waals surface area contributed by atoms with E-state index in [2.05, 4.69) is 47.4 Å². The zero-order valence-electron chi connectivity index (χ0n) is 14.0. The van der Waals surface area contributed by atoms with Crippen LogP contribution in [0.3, 0.4) is 0 Å². The fourth-order valence-corrected chi connectivity index (χ4v) is 6.17. The first-order valence-corrected chi connectivity index (χ1v) is 10.8. The van der Waals surface area contributed by atoms with Crippen LogP contribution in [0, 0.1) is 0 Å². The normalized spacial score (nSPS) is 11.3. The Balaban J connectivity index is 1.75. The summed E-state index contributed by atoms with van der Waals surface area (Å²) in [5, 5.41) is 4.82. The summed E-state index contributed by atoms with van der Waals surface area (Å²) in [5.41, 5.74) is 1.94. The van der Waals surface area contributed by atoms with Gasteiger partial charge in [-0.1, -0.05) is 65.7 Å². The minimum absolute atomic E-state index is 0.555. The lowest BCUT2D eigenvalue weighted by atomic mass is 10.2. The van der Waals surface area contributed by atoms with Gasteiger partial charge in [-0.15, -0.1) is 22.7 Å². The molecule has 5 rings (SSSR count). The number of nitrogens with zero attached hydrogens (tertiary/aromatic N) is 1. The summed E-state index contributed by atoms with van der Waals surface area (Å²) < 4.78 is 2.63. The van der Waals surface area contributed by atoms with Crippen molar-refractivity contribution in [2.45, 2.75) is 0 Å². The van der Waals surface area contributed by atoms with Gasteiger partial charge in [-0.25, -0.2) is 0 Å². The Hall–Kier alpha value is -2.04. The van der Waals surface area contributed by atoms with Crippen LogP contribution < -0.4 is 4.90 Å². The van der Waals surface area contributed by atoms with Crippen molar-refractivity contribution in [3.63, 3.8) is 0 Å². The zero-order valence-corrected chi connectivity index (χ0v) is 17.2. The third-order valence-electron chi connectivity index (χ3n) is 4.47. The smallest absolute Gasteiger partial charge is 0.102 e. The highest BCUT2D eigenvalue weighted by atomic mass is 35.5. The van der Waals surface area contributed by atoms with Gasteiger partial charge in [0.25, 0.3) is 0 Å². The molecule has 0 amide bonds. The van der Waals surface area contributed by atoms with Gasteiger partial charge in [0.15, 0.2) is 0 Å². The molecule has 0 bridgehead atoms. The molecule has 0 spiro atoms. The first-order valence-electron chi connectivity index (χ1n) is 8.42. The van der Waals surface area contributed by atoms with E-state index in [0.717, 1.165) is 16.4 Å². The molecule has 27 heavy (non-hydrogen) atoms. The molecule has 5 heteroatoms. The molecule has 1 nitrogen and oxygen atoms in total. The highest BCUT2D eigenvalue weighted by Crippen LogP contribution is 2.48. The SMILES string of the molecule is Clc1cccc(N(c2ccccc2)c2cc3c(s2)sc2ccccc23)c1Cl. The second-order valence-corrected chi connectivity index (χ2v) is 9.25. The molecule has 0 unspecified atom stereocenters. The molecule has 0 N–H and O–H groups in total. The van der Waals surface area contributed by atoms with E-state index in [9.17, 15) is 0 Å². The second kappa shape index (κ2) is 6.84. The molecule has 132 valence electrons. The summed E-state index contributed by atoms with van der Waals surface area (Å²) in [4.78, 5) is 2.18. The minimum atomic E-state index is 0.555. The van der Waals surface area contributed by atoms with E-state index in [0.29, 0.717) is 10.0 Å². The molecule has 0 atom stereocenters. The highest BCUT2D eigenvalue weighted by molar-refractivity contribution is 7.43. The third kappa shape index (κ3) is 2.91. The summed E-state index contributed by atoms with van der Waals surface area (Å²) in [6, 6.07) is 26.8. The number of para-hydroxylation sites is 1. The van der Waals surface area contributed by atoms with E-state index in [1.807, 2.05) is 47.7 Å². The number of anilines is 3. The maximum atomic E-state index is 6.59. The van der Waals surface area contributed by atoms with Crippen LogP contribution in [0.15, 0.2) is 78.9 Å². The van der Waals surface area contributed by atoms with E-state index >= 15 is 0 Å². The molecule has 2 aromatic heterocycles. The standard InChI is InChI=1S/C22H13Cl2NS2/c23-17-10-6-11-18(21(17)24)25(14-7-2-1-3-8-14)20-13-16-15-9-4-5-12-19(15)26-22(16)27-20/h1-13H. The van der Waals surface area contributed by atoms with Crippen LogP contribution >= 0.6 is 45.9 Å². The average molecular weight is 426 g/mol. The van der Waals surface area contributed by atoms with Gasteiger partial charge in [-0.3, -0.25) is 0 Å². The molecule has 0 saturated carbocycles. The van der Waals surface area contributed by atoms with Gasteiger partial charge in [-0.2, -0.15) is 0 Å². The molecule has 0 aliphatic rings. The van der Waals surface area contributed by atoms with Gasteiger partial charge in [0.2, 0.25) is 0 Å². The van der Waals surface area contributed by atoms with Crippen molar-refractivity contribution in [1.82, 2.24) is 0 Å². The van der Waals surface area contributed by atoms with E-state index in [4.69, 9.17) is 23.2 Å². The van der Waals surface area contributed by atoms with Crippen molar-refractivity contribution >= 4 is 81.7 Å². The molecular formula is C22H13Cl2NS2. The predicted molar refractivity (Wildman–Crippen MR) is 122 cm³/mol. The van der Waals surface area contributed by atoms with Gasteiger partial charge < -0.3 is 4.90 Å². The summed E-state index contributed by atoms with van der Waals surface area (Å²) in [6.45, 7) is 0. The quantitative estimate of drug-likeness (QED) is 0.278. The average Bonchev–Trinajstić information content (AvgIpc) is 3.24. The maximum absolute atomic E-state index is 6.59. The van der Waals surface area contributed by atoms with Crippen LogP contribution in [0.25, 0.3) is 19.5 Å². The Morgan fingerprint density at radius 2 is 1.48 bits per heavy atom. The van der Waals surface area contributed by atoms with E-state index in [1.165, 1.54) is 19.5 Å². The number of rotatable bonds is 3. The van der Waals surface area contributed by atoms with E-state index in [1.54, 1.807) is 11.3 Å². The first-order chi connectivity index (χ1) is 13.2. The molecular weight excluding hydrogens is 413 g/mol. The molecule has 3 aromatic carbocycles. The highest BCUT2D eigenvalue weighted by Gasteiger charge is 2.20. The van der Waals surface area contributed by atoms with Crippen molar-refractivity contribution < 1.29 is 0 Å². The van der Waals surface area contributed by atoms with Gasteiger partial charge in [0.1, 0.15) is 5.00 Å². The Labute approximate surface area is 175 Å². The topological polar surface area (TPSA) is 3.24 Å². The summed E-state index contributed by atoms with van der Waals surface area (Å²) in [5.74, 6) is 0. The molecule has 2 heterocycles. The zero-order chi connectivity index (χ0) is 18.4. The lowest BCUT2D eigenvalue weighted by Gasteiger charge is -2.24. The largest absolute Gasteiger partial charge is 0.300 e. The lowest BCUT2D eigenvalue weighted by molar-refractivity contribution is 1.32. The number of benzene rings is 3. The van der Waals surface area contributed by atoms with Gasteiger partial charge in [0, 0.05) is 21.2 Å². The summed E-state index contributed by atoms with van der Waals surface area (Å²) in [7, 11) is 0. The molecule has 0 aliphatic heterocycles. The maximum Gasteiger partial charge on any atom is 0.102 e. The number of hydrogen-bond donors (Lipinski definition) is 0. The fourth-order valence-electron chi connectivity index (χ4n) is 3.24. The Morgan fingerprint density at radius 3 is 2.33 bits per heavy atom. The van der Waals surface area contributed by atoms with Crippen molar-refractivity contribution in [1.29, 1.82) is 0 Å². The van der Waals surface area contributed by atoms with Crippen molar-refractivity contribution in [2.24, 2.45) is 0 Å². The van der Waals surface area contributed by atoms with Gasteiger partial charge >= 0.3 is 0 Å². The number of halogens is 2. The fraction of sp³-hybridized carbons (Fsp3) is 0. The molecule has 0 radical (unpaired) electrons. The van der Waals surface area contributed by atoms with Crippen LogP contribution in [-0.2, 0) is 0 Å². The van der Waals surface area contributed by atoms with Crippen LogP contribution in [0.2, 0.25) is 10.0 Å². The Morgan fingerprint density at radius 1 is 0.704 bits per heavy atom. The van der Waals surface area contributed by atoms with E-state index < -0.39 is 0 Å². The van der Waals surface area contributed by atoms with E-state index in [-0.39, 0.29) is 0 Å². The van der Waals surface area contributed by atoms with Crippen LogP contribution in [-0.4, -0.2) is 0 Å². The Bertz CT molecular complexity index is 1260. The predicted octanol–water partition coefficient (Wildman–Crippen LogP) is 8.89. The van der Waals surface area contributed by atoms with Crippen LogP contribution in [0.1, 0.15) is 0 Å². The molecule has 0 saturated heterocycles. The van der Waals surface area contributed by atoms with Gasteiger partial charge in [-0.05, 0) is 36.4 Å². The first kappa shape index (κ1) is 17.1. The summed E-state index contributed by atoms with van der Waals surface area (Å²) >= 11 is 16.5. The van der Waals surface area contributed by atoms with Crippen LogP contribution in [0.5, 0.6) is 0 Å². The number of hydrogen-bond acceptors (Lipinski definition) is 3. The second-order valence-electron chi connectivity index (χ2n) is 6.13. The van der Waals surface area contributed by atoms with Crippen molar-refractivity contribution in [2.75, 3.05) is 4.90 Å². The van der Waals surface area contributed by atoms with Crippen molar-refractivity contribution in [3.05, 3.63) is 88.9 Å². The number of thiophene rings is 2. The molecule has 0 fully saturated rings. The lowest BCUT2D eigenvalue weighted by Crippen LogP contribution is -2.08.